The Labute approximate surface area is 181 Å². The highest BCUT2D eigenvalue weighted by Crippen LogP contribution is 2.35. The van der Waals surface area contributed by atoms with Crippen molar-refractivity contribution < 1.29 is 23.4 Å². The molecule has 0 saturated carbocycles. The van der Waals surface area contributed by atoms with E-state index in [2.05, 4.69) is 0 Å². The Kier molecular flexibility index (Phi) is 5.83. The van der Waals surface area contributed by atoms with Gasteiger partial charge in [-0.2, -0.15) is 4.31 Å². The minimum atomic E-state index is -3.64. The Hall–Kier alpha value is -2.74. The first-order chi connectivity index (χ1) is 14.8. The van der Waals surface area contributed by atoms with Gasteiger partial charge in [0.2, 0.25) is 10.0 Å². The number of aliphatic hydroxyl groups is 1. The highest BCUT2D eigenvalue weighted by atomic mass is 32.2. The zero-order chi connectivity index (χ0) is 22.1. The Morgan fingerprint density at radius 3 is 2.23 bits per heavy atom. The predicted molar refractivity (Wildman–Crippen MR) is 118 cm³/mol. The number of sulfonamides is 1. The molecule has 1 fully saturated rings. The fourth-order valence-electron chi connectivity index (χ4n) is 4.10. The molecule has 0 aliphatic carbocycles. The lowest BCUT2D eigenvalue weighted by Crippen LogP contribution is -2.45. The van der Waals surface area contributed by atoms with Crippen LogP contribution in [-0.4, -0.2) is 42.0 Å². The van der Waals surface area contributed by atoms with E-state index in [0.29, 0.717) is 19.3 Å². The van der Waals surface area contributed by atoms with Gasteiger partial charge in [-0.05, 0) is 53.3 Å². The van der Waals surface area contributed by atoms with Gasteiger partial charge in [0.1, 0.15) is 0 Å². The molecule has 7 heteroatoms. The summed E-state index contributed by atoms with van der Waals surface area (Å²) in [5, 5.41) is 21.8. The molecule has 0 bridgehead atoms. The van der Waals surface area contributed by atoms with Crippen molar-refractivity contribution in [2.75, 3.05) is 13.1 Å². The van der Waals surface area contributed by atoms with Crippen molar-refractivity contribution in [2.24, 2.45) is 0 Å². The van der Waals surface area contributed by atoms with Crippen LogP contribution < -0.4 is 0 Å². The number of aliphatic carboxylic acids is 1. The molecule has 0 aromatic heterocycles. The topological polar surface area (TPSA) is 94.9 Å². The van der Waals surface area contributed by atoms with Crippen LogP contribution in [0.25, 0.3) is 10.8 Å². The number of rotatable bonds is 6. The van der Waals surface area contributed by atoms with Crippen LogP contribution in [0.2, 0.25) is 0 Å². The Balaban J connectivity index is 1.47. The van der Waals surface area contributed by atoms with Gasteiger partial charge in [-0.3, -0.25) is 4.79 Å². The number of carbonyl (C=O) groups is 1. The van der Waals surface area contributed by atoms with Gasteiger partial charge in [-0.15, -0.1) is 0 Å². The molecule has 162 valence electrons. The van der Waals surface area contributed by atoms with Crippen LogP contribution in [-0.2, 0) is 26.8 Å². The SMILES string of the molecule is O=C(O)CCc1ccc(C2(O)CCN(S(=O)(=O)c3ccc4ccccc4c3)CC2)cc1. The van der Waals surface area contributed by atoms with Gasteiger partial charge in [0.05, 0.1) is 10.5 Å². The number of aryl methyl sites for hydroxylation is 1. The van der Waals surface area contributed by atoms with Gasteiger partial charge in [0.25, 0.3) is 0 Å². The van der Waals surface area contributed by atoms with Crippen LogP contribution in [0.4, 0.5) is 0 Å². The Morgan fingerprint density at radius 1 is 0.935 bits per heavy atom. The molecule has 6 nitrogen and oxygen atoms in total. The summed E-state index contributed by atoms with van der Waals surface area (Å²) in [6.45, 7) is 0.457. The van der Waals surface area contributed by atoms with Crippen molar-refractivity contribution >= 4 is 26.8 Å². The van der Waals surface area contributed by atoms with Crippen LogP contribution in [0.5, 0.6) is 0 Å². The van der Waals surface area contributed by atoms with E-state index >= 15 is 0 Å². The highest BCUT2D eigenvalue weighted by molar-refractivity contribution is 7.89. The number of piperidine rings is 1. The van der Waals surface area contributed by atoms with E-state index in [1.165, 1.54) is 4.31 Å². The average Bonchev–Trinajstić information content (AvgIpc) is 2.78. The second-order valence-electron chi connectivity index (χ2n) is 8.04. The van der Waals surface area contributed by atoms with Crippen molar-refractivity contribution in [3.8, 4) is 0 Å². The second-order valence-corrected chi connectivity index (χ2v) is 9.97. The lowest BCUT2D eigenvalue weighted by atomic mass is 9.84. The molecule has 0 unspecified atom stereocenters. The van der Waals surface area contributed by atoms with Crippen molar-refractivity contribution in [2.45, 2.75) is 36.2 Å². The summed E-state index contributed by atoms with van der Waals surface area (Å²) >= 11 is 0. The zero-order valence-electron chi connectivity index (χ0n) is 17.1. The minimum Gasteiger partial charge on any atom is -0.481 e. The minimum absolute atomic E-state index is 0.0607. The van der Waals surface area contributed by atoms with E-state index in [0.717, 1.165) is 21.9 Å². The van der Waals surface area contributed by atoms with E-state index in [9.17, 15) is 18.3 Å². The van der Waals surface area contributed by atoms with Gasteiger partial charge < -0.3 is 10.2 Å². The van der Waals surface area contributed by atoms with Crippen LogP contribution >= 0.6 is 0 Å². The summed E-state index contributed by atoms with van der Waals surface area (Å²) in [4.78, 5) is 11.0. The third kappa shape index (κ3) is 4.49. The third-order valence-corrected chi connectivity index (χ3v) is 7.92. The Morgan fingerprint density at radius 2 is 1.58 bits per heavy atom. The molecule has 1 aliphatic rings. The van der Waals surface area contributed by atoms with E-state index in [1.807, 2.05) is 54.6 Å². The number of carboxylic acids is 1. The van der Waals surface area contributed by atoms with Crippen LogP contribution in [0, 0.1) is 0 Å². The van der Waals surface area contributed by atoms with Crippen molar-refractivity contribution in [3.05, 3.63) is 77.9 Å². The molecule has 0 spiro atoms. The lowest BCUT2D eigenvalue weighted by molar-refractivity contribution is -0.136. The van der Waals surface area contributed by atoms with Crippen LogP contribution in [0.3, 0.4) is 0 Å². The summed E-state index contributed by atoms with van der Waals surface area (Å²) in [5.74, 6) is -0.845. The molecule has 1 saturated heterocycles. The lowest BCUT2D eigenvalue weighted by Gasteiger charge is -2.38. The fraction of sp³-hybridized carbons (Fsp3) is 0.292. The second kappa shape index (κ2) is 8.42. The molecule has 0 atom stereocenters. The third-order valence-electron chi connectivity index (χ3n) is 6.03. The van der Waals surface area contributed by atoms with Gasteiger partial charge in [-0.1, -0.05) is 54.6 Å². The van der Waals surface area contributed by atoms with Gasteiger partial charge in [0.15, 0.2) is 0 Å². The fourth-order valence-corrected chi connectivity index (χ4v) is 5.57. The monoisotopic (exact) mass is 439 g/mol. The van der Waals surface area contributed by atoms with Gasteiger partial charge >= 0.3 is 5.97 Å². The first-order valence-electron chi connectivity index (χ1n) is 10.3. The molecule has 0 amide bonds. The Bertz CT molecular complexity index is 1200. The van der Waals surface area contributed by atoms with Crippen molar-refractivity contribution in [3.63, 3.8) is 0 Å². The normalized spacial score (nSPS) is 16.9. The highest BCUT2D eigenvalue weighted by Gasteiger charge is 2.38. The zero-order valence-corrected chi connectivity index (χ0v) is 17.9. The molecule has 4 rings (SSSR count). The standard InChI is InChI=1S/C24H25NO5S/c26-23(27)12-7-18-5-9-21(10-6-18)24(28)13-15-25(16-14-24)31(29,30)22-11-8-19-3-1-2-4-20(19)17-22/h1-6,8-11,17,28H,7,12-16H2,(H,26,27). The molecule has 3 aromatic carbocycles. The number of hydrogen-bond acceptors (Lipinski definition) is 4. The summed E-state index contributed by atoms with van der Waals surface area (Å²) in [7, 11) is -3.64. The smallest absolute Gasteiger partial charge is 0.303 e. The number of nitrogens with zero attached hydrogens (tertiary/aromatic N) is 1. The van der Waals surface area contributed by atoms with Crippen molar-refractivity contribution in [1.82, 2.24) is 4.31 Å². The largest absolute Gasteiger partial charge is 0.481 e. The van der Waals surface area contributed by atoms with E-state index < -0.39 is 21.6 Å². The molecule has 3 aromatic rings. The maximum atomic E-state index is 13.1. The van der Waals surface area contributed by atoms with Crippen LogP contribution in [0.1, 0.15) is 30.4 Å². The van der Waals surface area contributed by atoms with Crippen molar-refractivity contribution in [1.29, 1.82) is 0 Å². The summed E-state index contributed by atoms with van der Waals surface area (Å²) < 4.78 is 27.7. The number of fused-ring (bicyclic) bond motifs is 1. The molecule has 0 radical (unpaired) electrons. The predicted octanol–water partition coefficient (Wildman–Crippen LogP) is 3.53. The van der Waals surface area contributed by atoms with E-state index in [4.69, 9.17) is 5.11 Å². The quantitative estimate of drug-likeness (QED) is 0.613. The van der Waals surface area contributed by atoms with Gasteiger partial charge in [-0.25, -0.2) is 8.42 Å². The first-order valence-corrected chi connectivity index (χ1v) is 11.7. The first kappa shape index (κ1) is 21.5. The summed E-state index contributed by atoms with van der Waals surface area (Å²) in [6.07, 6.45) is 1.10. The molecule has 1 heterocycles. The number of benzene rings is 3. The number of carboxylic acid groups (broad SMARTS) is 1. The molecule has 31 heavy (non-hydrogen) atoms. The molecular formula is C24H25NO5S. The summed E-state index contributed by atoms with van der Waals surface area (Å²) in [6, 6.07) is 20.1. The van der Waals surface area contributed by atoms with E-state index in [-0.39, 0.29) is 24.4 Å². The average molecular weight is 440 g/mol. The maximum absolute atomic E-state index is 13.1. The van der Waals surface area contributed by atoms with Gasteiger partial charge in [0, 0.05) is 19.5 Å². The van der Waals surface area contributed by atoms with Crippen LogP contribution in [0.15, 0.2) is 71.6 Å². The van der Waals surface area contributed by atoms with E-state index in [1.54, 1.807) is 12.1 Å². The maximum Gasteiger partial charge on any atom is 0.303 e. The molecule has 1 aliphatic heterocycles. The number of hydrogen-bond donors (Lipinski definition) is 2. The summed E-state index contributed by atoms with van der Waals surface area (Å²) in [5.41, 5.74) is 0.529. The molecular weight excluding hydrogens is 414 g/mol. The molecule has 2 N–H and O–H groups in total.